The number of nitrogens with zero attached hydrogens (tertiary/aromatic N) is 4. The quantitative estimate of drug-likeness (QED) is 0.511. The number of hydrogen-bond acceptors (Lipinski definition) is 4. The van der Waals surface area contributed by atoms with Crippen LogP contribution >= 0.6 is 0 Å². The number of para-hydroxylation sites is 1. The summed E-state index contributed by atoms with van der Waals surface area (Å²) in [5.74, 6) is -1.02. The minimum Gasteiger partial charge on any atom is -0.329 e. The van der Waals surface area contributed by atoms with Crippen molar-refractivity contribution in [3.8, 4) is 0 Å². The molecule has 8 heteroatoms. The van der Waals surface area contributed by atoms with Gasteiger partial charge in [0.25, 0.3) is 11.5 Å². The highest BCUT2D eigenvalue weighted by atomic mass is 19.1. The van der Waals surface area contributed by atoms with Gasteiger partial charge in [0.1, 0.15) is 11.4 Å². The number of carbonyl (C=O) groups excluding carboxylic acids is 1. The molecule has 1 aliphatic rings. The van der Waals surface area contributed by atoms with E-state index in [0.29, 0.717) is 30.7 Å². The molecule has 0 unspecified atom stereocenters. The third-order valence-corrected chi connectivity index (χ3v) is 6.10. The maximum atomic E-state index is 14.0. The van der Waals surface area contributed by atoms with E-state index in [2.05, 4.69) is 27.4 Å². The van der Waals surface area contributed by atoms with Crippen LogP contribution in [0.3, 0.4) is 0 Å². The number of hydrogen-bond donors (Lipinski definition) is 1. The molecule has 1 amide bonds. The minimum atomic E-state index is -0.522. The maximum absolute atomic E-state index is 14.0. The summed E-state index contributed by atoms with van der Waals surface area (Å²) < 4.78 is 17.3. The van der Waals surface area contributed by atoms with Gasteiger partial charge in [-0.05, 0) is 24.6 Å². The fourth-order valence-corrected chi connectivity index (χ4v) is 4.53. The van der Waals surface area contributed by atoms with Gasteiger partial charge < -0.3 is 9.88 Å². The Morgan fingerprint density at radius 3 is 2.64 bits per heavy atom. The smallest absolute Gasteiger partial charge is 0.279 e. The molecular formula is C25H24FN5O2. The van der Waals surface area contributed by atoms with Crippen molar-refractivity contribution in [3.05, 3.63) is 99.3 Å². The summed E-state index contributed by atoms with van der Waals surface area (Å²) in [6.45, 7) is 4.65. The number of fused-ring (bicyclic) bond motifs is 2. The van der Waals surface area contributed by atoms with E-state index >= 15 is 0 Å². The lowest BCUT2D eigenvalue weighted by Gasteiger charge is -2.30. The van der Waals surface area contributed by atoms with E-state index < -0.39 is 11.7 Å². The molecular weight excluding hydrogens is 421 g/mol. The minimum absolute atomic E-state index is 0.0850. The number of nitrogens with one attached hydrogen (secondary N) is 1. The third kappa shape index (κ3) is 3.82. The third-order valence-electron chi connectivity index (χ3n) is 6.10. The molecule has 0 atom stereocenters. The predicted octanol–water partition coefficient (Wildman–Crippen LogP) is 3.47. The molecule has 3 heterocycles. The second-order valence-corrected chi connectivity index (χ2v) is 8.15. The monoisotopic (exact) mass is 445 g/mol. The van der Waals surface area contributed by atoms with Gasteiger partial charge in [-0.2, -0.15) is 9.61 Å². The number of aryl methyl sites for hydroxylation is 1. The van der Waals surface area contributed by atoms with E-state index in [0.717, 1.165) is 18.8 Å². The summed E-state index contributed by atoms with van der Waals surface area (Å²) in [5, 5.41) is 6.84. The molecule has 2 aromatic heterocycles. The number of halogens is 1. The summed E-state index contributed by atoms with van der Waals surface area (Å²) in [7, 11) is 0. The highest BCUT2D eigenvalue weighted by molar-refractivity contribution is 6.08. The number of anilines is 1. The Hall–Kier alpha value is -3.78. The van der Waals surface area contributed by atoms with Gasteiger partial charge in [0, 0.05) is 38.3 Å². The van der Waals surface area contributed by atoms with Gasteiger partial charge in [-0.15, -0.1) is 0 Å². The van der Waals surface area contributed by atoms with Crippen LogP contribution in [0, 0.1) is 5.82 Å². The molecule has 0 saturated heterocycles. The van der Waals surface area contributed by atoms with E-state index in [1.165, 1.54) is 28.4 Å². The van der Waals surface area contributed by atoms with Crippen LogP contribution in [0.2, 0.25) is 0 Å². The lowest BCUT2D eigenvalue weighted by Crippen LogP contribution is -2.38. The van der Waals surface area contributed by atoms with Gasteiger partial charge in [0.15, 0.2) is 5.65 Å². The zero-order valence-corrected chi connectivity index (χ0v) is 18.3. The molecule has 0 spiro atoms. The Balaban J connectivity index is 1.52. The Morgan fingerprint density at radius 2 is 1.88 bits per heavy atom. The molecule has 168 valence electrons. The molecule has 2 aromatic carbocycles. The van der Waals surface area contributed by atoms with Crippen LogP contribution in [0.25, 0.3) is 5.65 Å². The second-order valence-electron chi connectivity index (χ2n) is 8.15. The first-order valence-corrected chi connectivity index (χ1v) is 11.0. The van der Waals surface area contributed by atoms with Crippen molar-refractivity contribution in [1.29, 1.82) is 0 Å². The van der Waals surface area contributed by atoms with Gasteiger partial charge in [-0.3, -0.25) is 14.5 Å². The molecule has 0 fully saturated rings. The van der Waals surface area contributed by atoms with Gasteiger partial charge >= 0.3 is 0 Å². The van der Waals surface area contributed by atoms with Gasteiger partial charge in [0.05, 0.1) is 17.4 Å². The Morgan fingerprint density at radius 1 is 1.12 bits per heavy atom. The number of benzene rings is 2. The topological polar surface area (TPSA) is 71.6 Å². The lowest BCUT2D eigenvalue weighted by molar-refractivity contribution is 0.102. The Labute approximate surface area is 190 Å². The predicted molar refractivity (Wildman–Crippen MR) is 124 cm³/mol. The van der Waals surface area contributed by atoms with Crippen molar-refractivity contribution in [2.75, 3.05) is 11.9 Å². The normalized spacial score (nSPS) is 13.8. The summed E-state index contributed by atoms with van der Waals surface area (Å²) in [5.41, 5.74) is 3.38. The number of rotatable bonds is 5. The summed E-state index contributed by atoms with van der Waals surface area (Å²) >= 11 is 0. The van der Waals surface area contributed by atoms with Crippen molar-refractivity contribution in [3.63, 3.8) is 0 Å². The molecule has 33 heavy (non-hydrogen) atoms. The van der Waals surface area contributed by atoms with Crippen molar-refractivity contribution >= 4 is 17.2 Å². The molecule has 5 rings (SSSR count). The average molecular weight is 445 g/mol. The first-order chi connectivity index (χ1) is 16.1. The number of carbonyl (C=O) groups is 1. The molecule has 7 nitrogen and oxygen atoms in total. The van der Waals surface area contributed by atoms with Crippen LogP contribution in [0.5, 0.6) is 0 Å². The summed E-state index contributed by atoms with van der Waals surface area (Å²) in [4.78, 5) is 28.6. The van der Waals surface area contributed by atoms with E-state index in [9.17, 15) is 14.0 Å². The summed E-state index contributed by atoms with van der Waals surface area (Å²) in [6.07, 6.45) is 2.08. The number of aromatic nitrogens is 3. The number of amides is 1. The van der Waals surface area contributed by atoms with Crippen LogP contribution in [-0.4, -0.2) is 31.5 Å². The van der Waals surface area contributed by atoms with Crippen LogP contribution in [0.1, 0.15) is 34.1 Å². The average Bonchev–Trinajstić information content (AvgIpc) is 3.27. The van der Waals surface area contributed by atoms with Gasteiger partial charge in [-0.25, -0.2) is 4.39 Å². The highest BCUT2D eigenvalue weighted by Gasteiger charge is 2.27. The van der Waals surface area contributed by atoms with E-state index in [1.807, 2.05) is 29.7 Å². The molecule has 0 saturated carbocycles. The molecule has 4 aromatic rings. The summed E-state index contributed by atoms with van der Waals surface area (Å²) in [6, 6.07) is 16.2. The zero-order chi connectivity index (χ0) is 22.9. The van der Waals surface area contributed by atoms with Crippen LogP contribution < -0.4 is 10.9 Å². The largest absolute Gasteiger partial charge is 0.329 e. The fourth-order valence-electron chi connectivity index (χ4n) is 4.53. The molecule has 0 aliphatic carbocycles. The lowest BCUT2D eigenvalue weighted by atomic mass is 10.0. The van der Waals surface area contributed by atoms with Gasteiger partial charge in [-0.1, -0.05) is 42.5 Å². The zero-order valence-electron chi connectivity index (χ0n) is 18.3. The molecule has 1 aliphatic heterocycles. The van der Waals surface area contributed by atoms with E-state index in [4.69, 9.17) is 0 Å². The fraction of sp³-hybridized carbons (Fsp3) is 0.240. The van der Waals surface area contributed by atoms with Crippen molar-refractivity contribution < 1.29 is 9.18 Å². The van der Waals surface area contributed by atoms with Crippen molar-refractivity contribution in [2.45, 2.75) is 33.0 Å². The van der Waals surface area contributed by atoms with E-state index in [1.54, 1.807) is 12.1 Å². The first-order valence-electron chi connectivity index (χ1n) is 11.0. The highest BCUT2D eigenvalue weighted by Crippen LogP contribution is 2.23. The van der Waals surface area contributed by atoms with Crippen molar-refractivity contribution in [1.82, 2.24) is 19.1 Å². The maximum Gasteiger partial charge on any atom is 0.279 e. The standard InChI is InChI=1S/C25H24FN5O2/c1-2-30-22-12-13-29(15-17-8-4-3-5-9-17)16-19(22)25(33)31-24(30)18(14-27-31)23(32)28-21-11-7-6-10-20(21)26/h3-11,14H,2,12-13,15-16H2,1H3,(H,28,32). The molecule has 1 N–H and O–H groups in total. The van der Waals surface area contributed by atoms with E-state index in [-0.39, 0.29) is 16.8 Å². The van der Waals surface area contributed by atoms with Crippen LogP contribution in [0.4, 0.5) is 10.1 Å². The van der Waals surface area contributed by atoms with Crippen LogP contribution in [-0.2, 0) is 26.1 Å². The Bertz CT molecular complexity index is 1390. The van der Waals surface area contributed by atoms with Crippen LogP contribution in [0.15, 0.2) is 65.6 Å². The first kappa shape index (κ1) is 21.1. The van der Waals surface area contributed by atoms with Crippen molar-refractivity contribution in [2.24, 2.45) is 0 Å². The molecule has 0 radical (unpaired) electrons. The second kappa shape index (κ2) is 8.63. The van der Waals surface area contributed by atoms with Gasteiger partial charge in [0.2, 0.25) is 0 Å². The Kier molecular flexibility index (Phi) is 5.51. The SMILES string of the molecule is CCn1c2c(c(=O)n3ncc(C(=O)Nc4ccccc4F)c13)CN(Cc1ccccc1)CC2. The molecule has 0 bridgehead atoms.